The number of amidine groups is 1. The second kappa shape index (κ2) is 8.38. The lowest BCUT2D eigenvalue weighted by atomic mass is 10.3. The number of benzene rings is 2. The van der Waals surface area contributed by atoms with Crippen molar-refractivity contribution in [3.8, 4) is 0 Å². The first-order valence-electron chi connectivity index (χ1n) is 7.50. The molecule has 1 aromatic heterocycles. The van der Waals surface area contributed by atoms with Crippen LogP contribution in [0.2, 0.25) is 0 Å². The minimum absolute atomic E-state index is 0.00996. The van der Waals surface area contributed by atoms with Gasteiger partial charge in [-0.05, 0) is 56.6 Å². The molecule has 1 heterocycles. The van der Waals surface area contributed by atoms with Gasteiger partial charge < -0.3 is 11.1 Å². The number of para-hydroxylation sites is 1. The summed E-state index contributed by atoms with van der Waals surface area (Å²) < 4.78 is 18.2. The molecule has 138 valence electrons. The molecule has 11 heteroatoms. The zero-order valence-corrected chi connectivity index (χ0v) is 15.2. The highest BCUT2D eigenvalue weighted by Gasteiger charge is 2.17. The molecule has 0 fully saturated rings. The van der Waals surface area contributed by atoms with Crippen LogP contribution in [0, 0.1) is 5.82 Å². The van der Waals surface area contributed by atoms with Gasteiger partial charge in [-0.15, -0.1) is 0 Å². The summed E-state index contributed by atoms with van der Waals surface area (Å²) in [5, 5.41) is 19.6. The van der Waals surface area contributed by atoms with Crippen molar-refractivity contribution in [2.75, 3.05) is 5.32 Å². The molecule has 27 heavy (non-hydrogen) atoms. The van der Waals surface area contributed by atoms with E-state index in [4.69, 9.17) is 5.73 Å². The van der Waals surface area contributed by atoms with Gasteiger partial charge in [-0.2, -0.15) is 4.99 Å². The van der Waals surface area contributed by atoms with Crippen molar-refractivity contribution in [2.24, 2.45) is 15.7 Å². The summed E-state index contributed by atoms with van der Waals surface area (Å²) in [6.45, 7) is 0. The molecule has 3 rings (SSSR count). The molecule has 0 spiro atoms. The second-order valence-corrected chi connectivity index (χ2v) is 5.95. The second-order valence-electron chi connectivity index (χ2n) is 5.10. The van der Waals surface area contributed by atoms with Crippen molar-refractivity contribution < 1.29 is 14.2 Å². The van der Waals surface area contributed by atoms with E-state index in [0.717, 1.165) is 5.69 Å². The molecule has 9 nitrogen and oxygen atoms in total. The molecule has 0 aliphatic heterocycles. The molecule has 0 amide bonds. The molecule has 3 aromatic rings. The number of hydrogen-bond donors (Lipinski definition) is 4. The number of halogens is 2. The maximum absolute atomic E-state index is 13.3. The third-order valence-electron chi connectivity index (χ3n) is 3.22. The summed E-state index contributed by atoms with van der Waals surface area (Å²) in [4.78, 5) is 8.21. The van der Waals surface area contributed by atoms with Gasteiger partial charge in [0.05, 0.1) is 10.2 Å². The number of aromatic nitrogens is 2. The van der Waals surface area contributed by atoms with Gasteiger partial charge in [-0.1, -0.05) is 18.2 Å². The van der Waals surface area contributed by atoms with E-state index < -0.39 is 5.82 Å². The van der Waals surface area contributed by atoms with E-state index in [1.54, 1.807) is 12.1 Å². The molecule has 0 aliphatic rings. The van der Waals surface area contributed by atoms with E-state index in [1.807, 2.05) is 23.7 Å². The molecular formula is C16H13BrFN7O2. The molecule has 2 aromatic carbocycles. The predicted molar refractivity (Wildman–Crippen MR) is 101 cm³/mol. The lowest BCUT2D eigenvalue weighted by Crippen LogP contribution is -2.23. The number of nitrogens with zero attached hydrogens (tertiary/aromatic N) is 4. The van der Waals surface area contributed by atoms with E-state index in [-0.39, 0.29) is 27.8 Å². The molecular weight excluding hydrogens is 421 g/mol. The van der Waals surface area contributed by atoms with Gasteiger partial charge in [0.1, 0.15) is 5.82 Å². The van der Waals surface area contributed by atoms with Crippen LogP contribution in [0.3, 0.4) is 0 Å². The predicted octanol–water partition coefficient (Wildman–Crippen LogP) is 3.09. The van der Waals surface area contributed by atoms with Gasteiger partial charge in [-0.3, -0.25) is 10.7 Å². The molecule has 5 N–H and O–H groups in total. The summed E-state index contributed by atoms with van der Waals surface area (Å²) in [5.74, 6) is -0.543. The Labute approximate surface area is 160 Å². The zero-order valence-electron chi connectivity index (χ0n) is 13.6. The number of rotatable bonds is 4. The lowest BCUT2D eigenvalue weighted by Gasteiger charge is -2.05. The van der Waals surface area contributed by atoms with E-state index in [1.165, 1.54) is 18.2 Å². The van der Waals surface area contributed by atoms with Gasteiger partial charge in [0.25, 0.3) is 0 Å². The first kappa shape index (κ1) is 18.5. The Kier molecular flexibility index (Phi) is 5.74. The highest BCUT2D eigenvalue weighted by Crippen LogP contribution is 2.23. The third-order valence-corrected chi connectivity index (χ3v) is 3.83. The molecule has 0 saturated heterocycles. The topological polar surface area (TPSA) is 134 Å². The van der Waals surface area contributed by atoms with Crippen molar-refractivity contribution >= 4 is 44.9 Å². The molecule has 0 aliphatic carbocycles. The minimum atomic E-state index is -0.444. The third kappa shape index (κ3) is 4.65. The summed E-state index contributed by atoms with van der Waals surface area (Å²) in [6.07, 6.45) is 0. The lowest BCUT2D eigenvalue weighted by molar-refractivity contribution is 0.234. The van der Waals surface area contributed by atoms with Crippen molar-refractivity contribution in [3.63, 3.8) is 0 Å². The van der Waals surface area contributed by atoms with Gasteiger partial charge in [0.2, 0.25) is 5.82 Å². The molecule has 0 saturated carbocycles. The molecule has 0 bridgehead atoms. The largest absolute Gasteiger partial charge is 0.369 e. The number of nitrogens with one attached hydrogen (secondary N) is 2. The van der Waals surface area contributed by atoms with E-state index in [9.17, 15) is 9.60 Å². The van der Waals surface area contributed by atoms with Gasteiger partial charge in [0.15, 0.2) is 17.5 Å². The van der Waals surface area contributed by atoms with Crippen LogP contribution in [0.1, 0.15) is 5.69 Å². The van der Waals surface area contributed by atoms with Crippen LogP contribution in [0.4, 0.5) is 21.6 Å². The van der Waals surface area contributed by atoms with E-state index in [2.05, 4.69) is 46.2 Å². The van der Waals surface area contributed by atoms with Gasteiger partial charge in [-0.25, -0.2) is 14.0 Å². The van der Waals surface area contributed by atoms with Crippen molar-refractivity contribution in [3.05, 3.63) is 64.5 Å². The van der Waals surface area contributed by atoms with Crippen molar-refractivity contribution in [1.82, 2.24) is 15.8 Å². The SMILES string of the molecule is NC(=Nc1nonc1C(=Nc1ccc(F)c(Br)c1)NO)Nc1ccccc1. The van der Waals surface area contributed by atoms with Crippen LogP contribution < -0.4 is 16.5 Å². The Morgan fingerprint density at radius 3 is 2.63 bits per heavy atom. The monoisotopic (exact) mass is 433 g/mol. The fourth-order valence-corrected chi connectivity index (χ4v) is 2.40. The Morgan fingerprint density at radius 2 is 1.93 bits per heavy atom. The Bertz CT molecular complexity index is 991. The number of guanidine groups is 1. The molecule has 0 radical (unpaired) electrons. The van der Waals surface area contributed by atoms with Gasteiger partial charge >= 0.3 is 0 Å². The first-order valence-corrected chi connectivity index (χ1v) is 8.29. The van der Waals surface area contributed by atoms with E-state index >= 15 is 0 Å². The summed E-state index contributed by atoms with van der Waals surface area (Å²) in [5.41, 5.74) is 8.83. The maximum Gasteiger partial charge on any atom is 0.231 e. The van der Waals surface area contributed by atoms with Crippen LogP contribution >= 0.6 is 15.9 Å². The summed E-state index contributed by atoms with van der Waals surface area (Å²) in [6, 6.07) is 13.2. The fourth-order valence-electron chi connectivity index (χ4n) is 2.03. The van der Waals surface area contributed by atoms with E-state index in [0.29, 0.717) is 5.69 Å². The highest BCUT2D eigenvalue weighted by molar-refractivity contribution is 9.10. The molecule has 0 atom stereocenters. The van der Waals surface area contributed by atoms with Crippen molar-refractivity contribution in [2.45, 2.75) is 0 Å². The maximum atomic E-state index is 13.3. The average Bonchev–Trinajstić information content (AvgIpc) is 3.11. The standard InChI is InChI=1S/C16H13BrFN7O2/c17-11-8-10(6-7-12(11)18)20-14(23-26)13-15(25-27-24-13)22-16(19)21-9-4-2-1-3-5-9/h1-8,26H,(H,20,23)(H3,19,21,22,25). The summed E-state index contributed by atoms with van der Waals surface area (Å²) in [7, 11) is 0. The Morgan fingerprint density at radius 1 is 1.15 bits per heavy atom. The number of hydrogen-bond acceptors (Lipinski definition) is 6. The minimum Gasteiger partial charge on any atom is -0.369 e. The zero-order chi connectivity index (χ0) is 19.2. The number of nitrogens with two attached hydrogens (primary N) is 1. The van der Waals surface area contributed by atoms with Crippen LogP contribution in [-0.2, 0) is 0 Å². The fraction of sp³-hybridized carbons (Fsp3) is 0. The molecule has 0 unspecified atom stereocenters. The Hall–Kier alpha value is -3.31. The first-order chi connectivity index (χ1) is 13.1. The normalized spacial score (nSPS) is 12.1. The summed E-state index contributed by atoms with van der Waals surface area (Å²) >= 11 is 3.07. The highest BCUT2D eigenvalue weighted by atomic mass is 79.9. The van der Waals surface area contributed by atoms with Crippen LogP contribution in [-0.4, -0.2) is 27.3 Å². The van der Waals surface area contributed by atoms with Crippen LogP contribution in [0.15, 0.2) is 67.6 Å². The van der Waals surface area contributed by atoms with Crippen molar-refractivity contribution in [1.29, 1.82) is 0 Å². The number of hydroxylamine groups is 1. The van der Waals surface area contributed by atoms with Crippen LogP contribution in [0.25, 0.3) is 0 Å². The van der Waals surface area contributed by atoms with Gasteiger partial charge in [0, 0.05) is 5.69 Å². The van der Waals surface area contributed by atoms with Crippen LogP contribution in [0.5, 0.6) is 0 Å². The Balaban J connectivity index is 1.88. The number of aliphatic imine (C=N–C) groups is 2. The average molecular weight is 434 g/mol. The smallest absolute Gasteiger partial charge is 0.231 e. The number of anilines is 1. The quantitative estimate of drug-likeness (QED) is 0.282.